The van der Waals surface area contributed by atoms with Crippen LogP contribution in [0.15, 0.2) is 16.6 Å². The Labute approximate surface area is 95.9 Å². The van der Waals surface area contributed by atoms with Gasteiger partial charge in [0.25, 0.3) is 0 Å². The number of carbonyl (C=O) groups excluding carboxylic acids is 1. The van der Waals surface area contributed by atoms with Gasteiger partial charge in [-0.05, 0) is 12.1 Å². The molecular weight excluding hydrogens is 324 g/mol. The lowest BCUT2D eigenvalue weighted by atomic mass is 10.3. The highest BCUT2D eigenvalue weighted by atomic mass is 79.9. The maximum atomic E-state index is 13.1. The summed E-state index contributed by atoms with van der Waals surface area (Å²) in [6.07, 6.45) is 0. The quantitative estimate of drug-likeness (QED) is 0.831. The van der Waals surface area contributed by atoms with Gasteiger partial charge in [0.05, 0.1) is 5.33 Å². The summed E-state index contributed by atoms with van der Waals surface area (Å²) in [6.45, 7) is 0. The molecule has 1 N–H and O–H groups in total. The fourth-order valence-corrected chi connectivity index (χ4v) is 1.38. The molecule has 0 fully saturated rings. The van der Waals surface area contributed by atoms with Gasteiger partial charge in [-0.25, -0.2) is 8.78 Å². The molecule has 0 atom stereocenters. The van der Waals surface area contributed by atoms with Crippen molar-refractivity contribution >= 4 is 43.5 Å². The number of rotatable bonds is 2. The summed E-state index contributed by atoms with van der Waals surface area (Å²) in [6, 6.07) is 2.15. The van der Waals surface area contributed by atoms with E-state index in [0.29, 0.717) is 0 Å². The Morgan fingerprint density at radius 3 is 2.29 bits per heavy atom. The number of amides is 1. The smallest absolute Gasteiger partial charge is 0.235 e. The molecule has 2 nitrogen and oxygen atoms in total. The molecule has 14 heavy (non-hydrogen) atoms. The number of halogens is 4. The van der Waals surface area contributed by atoms with Crippen molar-refractivity contribution in [3.8, 4) is 0 Å². The zero-order valence-corrected chi connectivity index (χ0v) is 9.95. The molecule has 0 heterocycles. The second kappa shape index (κ2) is 4.84. The van der Waals surface area contributed by atoms with Gasteiger partial charge in [-0.3, -0.25) is 4.79 Å². The van der Waals surface area contributed by atoms with Gasteiger partial charge in [-0.15, -0.1) is 0 Å². The van der Waals surface area contributed by atoms with Crippen molar-refractivity contribution in [3.63, 3.8) is 0 Å². The Kier molecular flexibility index (Phi) is 4.00. The molecule has 6 heteroatoms. The molecule has 1 aromatic rings. The number of anilines is 1. The normalized spacial score (nSPS) is 10.0. The Bertz CT molecular complexity index is 347. The third kappa shape index (κ3) is 2.75. The summed E-state index contributed by atoms with van der Waals surface area (Å²) in [5.74, 6) is -2.14. The SMILES string of the molecule is O=C(CBr)Nc1c(F)cc(Br)cc1F. The Morgan fingerprint density at radius 1 is 1.36 bits per heavy atom. The van der Waals surface area contributed by atoms with Crippen LogP contribution in [0.5, 0.6) is 0 Å². The van der Waals surface area contributed by atoms with Gasteiger partial charge in [-0.1, -0.05) is 31.9 Å². The van der Waals surface area contributed by atoms with E-state index in [9.17, 15) is 13.6 Å². The molecule has 1 rings (SSSR count). The third-order valence-electron chi connectivity index (χ3n) is 1.39. The first-order valence-corrected chi connectivity index (χ1v) is 5.46. The van der Waals surface area contributed by atoms with Crippen molar-refractivity contribution in [2.75, 3.05) is 10.6 Å². The average Bonchev–Trinajstić information content (AvgIpc) is 2.10. The van der Waals surface area contributed by atoms with Crippen molar-refractivity contribution in [2.24, 2.45) is 0 Å². The van der Waals surface area contributed by atoms with Crippen LogP contribution < -0.4 is 5.32 Å². The first-order valence-electron chi connectivity index (χ1n) is 3.55. The number of hydrogen-bond acceptors (Lipinski definition) is 1. The van der Waals surface area contributed by atoms with E-state index >= 15 is 0 Å². The fourth-order valence-electron chi connectivity index (χ4n) is 0.834. The predicted molar refractivity (Wildman–Crippen MR) is 56.5 cm³/mol. The first kappa shape index (κ1) is 11.6. The molecule has 0 spiro atoms. The highest BCUT2D eigenvalue weighted by Crippen LogP contribution is 2.23. The summed E-state index contributed by atoms with van der Waals surface area (Å²) in [5.41, 5.74) is -0.433. The maximum absolute atomic E-state index is 13.1. The number of carbonyl (C=O) groups is 1. The number of benzene rings is 1. The molecule has 0 aliphatic heterocycles. The summed E-state index contributed by atoms with van der Waals surface area (Å²) >= 11 is 5.80. The molecule has 1 amide bonds. The van der Waals surface area contributed by atoms with Gasteiger partial charge >= 0.3 is 0 Å². The van der Waals surface area contributed by atoms with Crippen molar-refractivity contribution < 1.29 is 13.6 Å². The summed E-state index contributed by atoms with van der Waals surface area (Å²) < 4.78 is 26.5. The molecule has 0 radical (unpaired) electrons. The van der Waals surface area contributed by atoms with E-state index in [1.807, 2.05) is 0 Å². The molecule has 0 saturated carbocycles. The summed E-state index contributed by atoms with van der Waals surface area (Å²) in [4.78, 5) is 10.9. The average molecular weight is 329 g/mol. The van der Waals surface area contributed by atoms with Crippen LogP contribution in [0.25, 0.3) is 0 Å². The number of nitrogens with one attached hydrogen (secondary N) is 1. The van der Waals surface area contributed by atoms with E-state index in [1.54, 1.807) is 0 Å². The highest BCUT2D eigenvalue weighted by molar-refractivity contribution is 9.10. The predicted octanol–water partition coefficient (Wildman–Crippen LogP) is 3.06. The van der Waals surface area contributed by atoms with Crippen LogP contribution in [0.2, 0.25) is 0 Å². The molecular formula is C8H5Br2F2NO. The van der Waals surface area contributed by atoms with Gasteiger partial charge in [0.2, 0.25) is 5.91 Å². The van der Waals surface area contributed by atoms with Crippen molar-refractivity contribution in [1.82, 2.24) is 0 Å². The first-order chi connectivity index (χ1) is 6.54. The van der Waals surface area contributed by atoms with E-state index in [2.05, 4.69) is 37.2 Å². The number of alkyl halides is 1. The van der Waals surface area contributed by atoms with E-state index in [4.69, 9.17) is 0 Å². The standard InChI is InChI=1S/C8H5Br2F2NO/c9-3-7(14)13-8-5(11)1-4(10)2-6(8)12/h1-2H,3H2,(H,13,14). The Morgan fingerprint density at radius 2 is 1.86 bits per heavy atom. The third-order valence-corrected chi connectivity index (χ3v) is 2.36. The minimum Gasteiger partial charge on any atom is -0.320 e. The maximum Gasteiger partial charge on any atom is 0.235 e. The zero-order valence-electron chi connectivity index (χ0n) is 6.78. The fraction of sp³-hybridized carbons (Fsp3) is 0.125. The lowest BCUT2D eigenvalue weighted by molar-refractivity contribution is -0.113. The molecule has 0 saturated heterocycles. The van der Waals surface area contributed by atoms with Crippen LogP contribution in [-0.4, -0.2) is 11.2 Å². The van der Waals surface area contributed by atoms with Crippen LogP contribution in [0.1, 0.15) is 0 Å². The van der Waals surface area contributed by atoms with Gasteiger partial charge in [-0.2, -0.15) is 0 Å². The molecule has 0 aromatic heterocycles. The van der Waals surface area contributed by atoms with Crippen molar-refractivity contribution in [3.05, 3.63) is 28.2 Å². The van der Waals surface area contributed by atoms with Gasteiger partial charge < -0.3 is 5.32 Å². The molecule has 76 valence electrons. The molecule has 0 bridgehead atoms. The topological polar surface area (TPSA) is 29.1 Å². The molecule has 0 aliphatic carbocycles. The van der Waals surface area contributed by atoms with Gasteiger partial charge in [0.1, 0.15) is 5.69 Å². The van der Waals surface area contributed by atoms with Crippen LogP contribution in [0.3, 0.4) is 0 Å². The van der Waals surface area contributed by atoms with Crippen LogP contribution in [0.4, 0.5) is 14.5 Å². The van der Waals surface area contributed by atoms with Crippen molar-refractivity contribution in [2.45, 2.75) is 0 Å². The highest BCUT2D eigenvalue weighted by Gasteiger charge is 2.12. The minimum atomic E-state index is -0.814. The van der Waals surface area contributed by atoms with E-state index in [1.165, 1.54) is 0 Å². The van der Waals surface area contributed by atoms with E-state index in [-0.39, 0.29) is 9.80 Å². The summed E-state index contributed by atoms with van der Waals surface area (Å²) in [5, 5.41) is 2.09. The lowest BCUT2D eigenvalue weighted by Crippen LogP contribution is -2.14. The Balaban J connectivity index is 3.02. The van der Waals surface area contributed by atoms with Crippen LogP contribution >= 0.6 is 31.9 Å². The second-order valence-electron chi connectivity index (χ2n) is 2.43. The lowest BCUT2D eigenvalue weighted by Gasteiger charge is -2.06. The zero-order chi connectivity index (χ0) is 10.7. The number of hydrogen-bond donors (Lipinski definition) is 1. The monoisotopic (exact) mass is 327 g/mol. The van der Waals surface area contributed by atoms with Gasteiger partial charge in [0.15, 0.2) is 11.6 Å². The summed E-state index contributed by atoms with van der Waals surface area (Å²) in [7, 11) is 0. The minimum absolute atomic E-state index is 0.0120. The molecule has 1 aromatic carbocycles. The van der Waals surface area contributed by atoms with E-state index < -0.39 is 23.2 Å². The van der Waals surface area contributed by atoms with Crippen LogP contribution in [-0.2, 0) is 4.79 Å². The second-order valence-corrected chi connectivity index (χ2v) is 3.90. The van der Waals surface area contributed by atoms with Crippen molar-refractivity contribution in [1.29, 1.82) is 0 Å². The van der Waals surface area contributed by atoms with E-state index in [0.717, 1.165) is 12.1 Å². The largest absolute Gasteiger partial charge is 0.320 e. The van der Waals surface area contributed by atoms with Gasteiger partial charge in [0, 0.05) is 4.47 Å². The Hall–Kier alpha value is -0.490. The molecule has 0 aliphatic rings. The van der Waals surface area contributed by atoms with Crippen LogP contribution in [0, 0.1) is 11.6 Å². The molecule has 0 unspecified atom stereocenters.